The van der Waals surface area contributed by atoms with E-state index in [4.69, 9.17) is 9.47 Å². The third-order valence-electron chi connectivity index (χ3n) is 5.42. The minimum atomic E-state index is -0.999. The topological polar surface area (TPSA) is 59.0 Å². The molecule has 1 aliphatic heterocycles. The van der Waals surface area contributed by atoms with Gasteiger partial charge in [-0.05, 0) is 63.1 Å². The lowest BCUT2D eigenvalue weighted by molar-refractivity contribution is 0.0808. The Bertz CT molecular complexity index is 964. The molecule has 3 rings (SSSR count). The molecule has 1 heterocycles. The number of ketones is 1. The first-order chi connectivity index (χ1) is 14.8. The maximum Gasteiger partial charge on any atom is 0.170 e. The molecular weight excluding hydrogens is 390 g/mol. The van der Waals surface area contributed by atoms with Crippen molar-refractivity contribution in [2.45, 2.75) is 38.8 Å². The number of benzene rings is 2. The molecule has 164 valence electrons. The number of carbonyl (C=O) groups is 1. The van der Waals surface area contributed by atoms with E-state index in [1.807, 2.05) is 12.1 Å². The van der Waals surface area contributed by atoms with E-state index in [2.05, 4.69) is 28.9 Å². The summed E-state index contributed by atoms with van der Waals surface area (Å²) in [6, 6.07) is 13.4. The van der Waals surface area contributed by atoms with Crippen molar-refractivity contribution in [1.29, 1.82) is 0 Å². The third-order valence-corrected chi connectivity index (χ3v) is 5.42. The molecule has 1 N–H and O–H groups in total. The molecule has 0 unspecified atom stereocenters. The molecule has 2 aromatic carbocycles. The van der Waals surface area contributed by atoms with Crippen LogP contribution in [0.2, 0.25) is 0 Å². The minimum absolute atomic E-state index is 0.0482. The fourth-order valence-corrected chi connectivity index (χ4v) is 3.81. The molecule has 5 heteroatoms. The van der Waals surface area contributed by atoms with Crippen molar-refractivity contribution in [2.24, 2.45) is 5.92 Å². The summed E-state index contributed by atoms with van der Waals surface area (Å²) in [5.74, 6) is 7.14. The first kappa shape index (κ1) is 22.9. The Morgan fingerprint density at radius 1 is 1.16 bits per heavy atom. The number of carbonyl (C=O) groups excluding carboxylic acids is 1. The molecule has 0 radical (unpaired) electrons. The smallest absolute Gasteiger partial charge is 0.170 e. The molecule has 0 aliphatic carbocycles. The molecule has 0 amide bonds. The van der Waals surface area contributed by atoms with E-state index in [9.17, 15) is 9.90 Å². The predicted octanol–water partition coefficient (Wildman–Crippen LogP) is 3.92. The number of hydrogen-bond donors (Lipinski definition) is 1. The van der Waals surface area contributed by atoms with Crippen LogP contribution in [0.4, 0.5) is 0 Å². The lowest BCUT2D eigenvalue weighted by atomic mass is 9.89. The monoisotopic (exact) mass is 421 g/mol. The SMILES string of the molecule is COc1ccc(C(=O)[C@@H]2CCCN(Cc3ccc(C#CC(C)(C)O)cc3)C2)c(OC)c1. The van der Waals surface area contributed by atoms with Gasteiger partial charge >= 0.3 is 0 Å². The molecule has 1 saturated heterocycles. The van der Waals surface area contributed by atoms with Crippen molar-refractivity contribution in [3.63, 3.8) is 0 Å². The van der Waals surface area contributed by atoms with Crippen LogP contribution in [0, 0.1) is 17.8 Å². The number of aliphatic hydroxyl groups is 1. The Balaban J connectivity index is 1.65. The Kier molecular flexibility index (Phi) is 7.37. The molecule has 1 fully saturated rings. The lowest BCUT2D eigenvalue weighted by Crippen LogP contribution is -2.38. The summed E-state index contributed by atoms with van der Waals surface area (Å²) in [4.78, 5) is 15.5. The highest BCUT2D eigenvalue weighted by atomic mass is 16.5. The van der Waals surface area contributed by atoms with Crippen molar-refractivity contribution < 1.29 is 19.4 Å². The molecule has 5 nitrogen and oxygen atoms in total. The van der Waals surface area contributed by atoms with Gasteiger partial charge in [0.2, 0.25) is 0 Å². The molecule has 1 aliphatic rings. The summed E-state index contributed by atoms with van der Waals surface area (Å²) in [6.07, 6.45) is 1.88. The first-order valence-electron chi connectivity index (χ1n) is 10.6. The second kappa shape index (κ2) is 10.00. The van der Waals surface area contributed by atoms with Crippen LogP contribution in [0.3, 0.4) is 0 Å². The van der Waals surface area contributed by atoms with Crippen LogP contribution in [-0.4, -0.2) is 48.7 Å². The van der Waals surface area contributed by atoms with Crippen LogP contribution in [0.15, 0.2) is 42.5 Å². The number of likely N-dealkylation sites (tertiary alicyclic amines) is 1. The molecule has 1 atom stereocenters. The van der Waals surface area contributed by atoms with E-state index < -0.39 is 5.60 Å². The predicted molar refractivity (Wildman–Crippen MR) is 121 cm³/mol. The Morgan fingerprint density at radius 3 is 2.55 bits per heavy atom. The van der Waals surface area contributed by atoms with Crippen LogP contribution in [-0.2, 0) is 6.54 Å². The summed E-state index contributed by atoms with van der Waals surface area (Å²) in [7, 11) is 3.18. The van der Waals surface area contributed by atoms with E-state index in [1.54, 1.807) is 46.3 Å². The number of rotatable bonds is 6. The van der Waals surface area contributed by atoms with Crippen molar-refractivity contribution in [1.82, 2.24) is 4.90 Å². The summed E-state index contributed by atoms with van der Waals surface area (Å²) < 4.78 is 10.7. The number of hydrogen-bond acceptors (Lipinski definition) is 5. The molecular formula is C26H31NO4. The van der Waals surface area contributed by atoms with Crippen molar-refractivity contribution in [3.8, 4) is 23.3 Å². The van der Waals surface area contributed by atoms with Crippen molar-refractivity contribution in [2.75, 3.05) is 27.3 Å². The standard InChI is InChI=1S/C26H31NO4/c1-26(2,29)14-13-19-7-9-20(10-8-19)17-27-15-5-6-21(18-27)25(28)23-12-11-22(30-3)16-24(23)31-4/h7-12,16,21,29H,5-6,15,17-18H2,1-4H3/t21-/m1/s1. The summed E-state index contributed by atoms with van der Waals surface area (Å²) in [6.45, 7) is 5.84. The van der Waals surface area contributed by atoms with Crippen LogP contribution < -0.4 is 9.47 Å². The highest BCUT2D eigenvalue weighted by Crippen LogP contribution is 2.30. The Morgan fingerprint density at radius 2 is 1.90 bits per heavy atom. The van der Waals surface area contributed by atoms with Gasteiger partial charge in [0.05, 0.1) is 19.8 Å². The maximum atomic E-state index is 13.2. The largest absolute Gasteiger partial charge is 0.497 e. The minimum Gasteiger partial charge on any atom is -0.497 e. The highest BCUT2D eigenvalue weighted by Gasteiger charge is 2.28. The van der Waals surface area contributed by atoms with Crippen LogP contribution >= 0.6 is 0 Å². The average Bonchev–Trinajstić information content (AvgIpc) is 2.77. The number of ether oxygens (including phenoxy) is 2. The zero-order valence-electron chi connectivity index (χ0n) is 18.8. The number of nitrogens with zero attached hydrogens (tertiary/aromatic N) is 1. The zero-order valence-corrected chi connectivity index (χ0v) is 18.8. The quantitative estimate of drug-likeness (QED) is 0.566. The molecule has 0 bridgehead atoms. The van der Waals surface area contributed by atoms with Crippen molar-refractivity contribution in [3.05, 3.63) is 59.2 Å². The van der Waals surface area contributed by atoms with Gasteiger partial charge in [0.15, 0.2) is 5.78 Å². The van der Waals surface area contributed by atoms with Gasteiger partial charge in [0.25, 0.3) is 0 Å². The fraction of sp³-hybridized carbons (Fsp3) is 0.423. The fourth-order valence-electron chi connectivity index (χ4n) is 3.81. The summed E-state index contributed by atoms with van der Waals surface area (Å²) >= 11 is 0. The number of Topliss-reactive ketones (excluding diaryl/α,β-unsaturated/α-hetero) is 1. The van der Waals surface area contributed by atoms with E-state index in [0.29, 0.717) is 17.1 Å². The summed E-state index contributed by atoms with van der Waals surface area (Å²) in [5.41, 5.74) is 1.68. The molecule has 0 aromatic heterocycles. The molecule has 0 saturated carbocycles. The van der Waals surface area contributed by atoms with Crippen molar-refractivity contribution >= 4 is 5.78 Å². The first-order valence-corrected chi connectivity index (χ1v) is 10.6. The average molecular weight is 422 g/mol. The van der Waals surface area contributed by atoms with Gasteiger partial charge in [-0.15, -0.1) is 0 Å². The zero-order chi connectivity index (χ0) is 22.4. The number of piperidine rings is 1. The number of methoxy groups -OCH3 is 2. The highest BCUT2D eigenvalue weighted by molar-refractivity contribution is 6.00. The van der Waals surface area contributed by atoms with E-state index in [1.165, 1.54) is 5.56 Å². The molecule has 0 spiro atoms. The normalized spacial score (nSPS) is 16.9. The van der Waals surface area contributed by atoms with Crippen LogP contribution in [0.5, 0.6) is 11.5 Å². The van der Waals surface area contributed by atoms with Crippen LogP contribution in [0.25, 0.3) is 0 Å². The van der Waals surface area contributed by atoms with Gasteiger partial charge in [0, 0.05) is 30.6 Å². The van der Waals surface area contributed by atoms with Gasteiger partial charge in [-0.25, -0.2) is 0 Å². The second-order valence-corrected chi connectivity index (χ2v) is 8.51. The Labute approximate surface area is 185 Å². The van der Waals surface area contributed by atoms with Gasteiger partial charge in [0.1, 0.15) is 17.1 Å². The van der Waals surface area contributed by atoms with Gasteiger partial charge in [-0.3, -0.25) is 9.69 Å². The Hall–Kier alpha value is -2.81. The summed E-state index contributed by atoms with van der Waals surface area (Å²) in [5, 5.41) is 9.74. The molecule has 2 aromatic rings. The van der Waals surface area contributed by atoms with Gasteiger partial charge in [-0.2, -0.15) is 0 Å². The second-order valence-electron chi connectivity index (χ2n) is 8.51. The van der Waals surface area contributed by atoms with E-state index >= 15 is 0 Å². The molecule has 31 heavy (non-hydrogen) atoms. The van der Waals surface area contributed by atoms with Gasteiger partial charge < -0.3 is 14.6 Å². The maximum absolute atomic E-state index is 13.2. The lowest BCUT2D eigenvalue weighted by Gasteiger charge is -2.32. The van der Waals surface area contributed by atoms with Crippen LogP contribution in [0.1, 0.15) is 48.2 Å². The van der Waals surface area contributed by atoms with Gasteiger partial charge in [-0.1, -0.05) is 24.0 Å². The van der Waals surface area contributed by atoms with E-state index in [-0.39, 0.29) is 11.7 Å². The third kappa shape index (κ3) is 6.33. The van der Waals surface area contributed by atoms with E-state index in [0.717, 1.165) is 38.0 Å².